The lowest BCUT2D eigenvalue weighted by atomic mass is 10.2. The van der Waals surface area contributed by atoms with E-state index in [4.69, 9.17) is 0 Å². The zero-order chi connectivity index (χ0) is 19.7. The van der Waals surface area contributed by atoms with E-state index in [9.17, 15) is 31.5 Å². The van der Waals surface area contributed by atoms with Crippen molar-refractivity contribution < 1.29 is 26.7 Å². The second-order valence-corrected chi connectivity index (χ2v) is 5.30. The molecule has 0 bridgehead atoms. The molecule has 27 heavy (non-hydrogen) atoms. The molecule has 0 radical (unpaired) electrons. The first kappa shape index (κ1) is 18.3. The number of hydrogen-bond donors (Lipinski definition) is 2. The number of rotatable bonds is 4. The molecule has 0 saturated carbocycles. The molecule has 6 nitrogen and oxygen atoms in total. The standard InChI is InChI=1S/C16H9F5N4O2/c17-11-12(18)14(20)16(15(21)13(11)19)24-23-10(27)6-25-8-4-2-1-3-7(8)9(26)5-22-25/h1-5,24H,6H2,(H,23,27). The van der Waals surface area contributed by atoms with Gasteiger partial charge in [0, 0.05) is 5.39 Å². The van der Waals surface area contributed by atoms with E-state index in [0.29, 0.717) is 5.52 Å². The van der Waals surface area contributed by atoms with Crippen LogP contribution in [0.4, 0.5) is 27.6 Å². The van der Waals surface area contributed by atoms with Crippen LogP contribution in [0.15, 0.2) is 35.3 Å². The summed E-state index contributed by atoms with van der Waals surface area (Å²) in [6.07, 6.45) is 0.979. The monoisotopic (exact) mass is 384 g/mol. The number of halogens is 5. The number of para-hydroxylation sites is 1. The maximum Gasteiger partial charge on any atom is 0.260 e. The van der Waals surface area contributed by atoms with Gasteiger partial charge in [-0.15, -0.1) is 0 Å². The van der Waals surface area contributed by atoms with E-state index in [2.05, 4.69) is 5.10 Å². The summed E-state index contributed by atoms with van der Waals surface area (Å²) in [5.41, 5.74) is 2.03. The van der Waals surface area contributed by atoms with Crippen LogP contribution >= 0.6 is 0 Å². The van der Waals surface area contributed by atoms with Gasteiger partial charge in [-0.05, 0) is 12.1 Å². The predicted molar refractivity (Wildman–Crippen MR) is 84.0 cm³/mol. The number of carbonyl (C=O) groups is 1. The molecule has 11 heteroatoms. The first-order valence-corrected chi connectivity index (χ1v) is 7.32. The van der Waals surface area contributed by atoms with Gasteiger partial charge < -0.3 is 0 Å². The molecule has 0 saturated heterocycles. The lowest BCUT2D eigenvalue weighted by Crippen LogP contribution is -2.34. The van der Waals surface area contributed by atoms with Crippen molar-refractivity contribution in [2.75, 3.05) is 5.43 Å². The van der Waals surface area contributed by atoms with Crippen LogP contribution in [0.2, 0.25) is 0 Å². The third-order valence-electron chi connectivity index (χ3n) is 3.59. The largest absolute Gasteiger partial charge is 0.293 e. The third kappa shape index (κ3) is 3.30. The minimum absolute atomic E-state index is 0.285. The minimum atomic E-state index is -2.31. The lowest BCUT2D eigenvalue weighted by molar-refractivity contribution is -0.121. The predicted octanol–water partition coefficient (Wildman–Crippen LogP) is 2.24. The van der Waals surface area contributed by atoms with Crippen molar-refractivity contribution in [1.82, 2.24) is 15.2 Å². The van der Waals surface area contributed by atoms with E-state index >= 15 is 0 Å². The van der Waals surface area contributed by atoms with Gasteiger partial charge in [-0.3, -0.25) is 25.1 Å². The molecule has 140 valence electrons. The molecular weight excluding hydrogens is 375 g/mol. The van der Waals surface area contributed by atoms with Crippen LogP contribution < -0.4 is 16.3 Å². The highest BCUT2D eigenvalue weighted by atomic mass is 19.2. The fourth-order valence-electron chi connectivity index (χ4n) is 2.31. The Kier molecular flexibility index (Phi) is 4.75. The number of amides is 1. The van der Waals surface area contributed by atoms with Gasteiger partial charge in [-0.1, -0.05) is 12.1 Å². The summed E-state index contributed by atoms with van der Waals surface area (Å²) in [6, 6.07) is 6.25. The number of aromatic nitrogens is 2. The first-order valence-electron chi connectivity index (χ1n) is 7.32. The third-order valence-corrected chi connectivity index (χ3v) is 3.59. The number of nitrogens with one attached hydrogen (secondary N) is 2. The Morgan fingerprint density at radius 2 is 1.56 bits per heavy atom. The van der Waals surface area contributed by atoms with Crippen molar-refractivity contribution in [3.05, 3.63) is 69.8 Å². The van der Waals surface area contributed by atoms with Crippen LogP contribution in [0, 0.1) is 29.1 Å². The van der Waals surface area contributed by atoms with Gasteiger partial charge in [0.1, 0.15) is 12.2 Å². The fourth-order valence-corrected chi connectivity index (χ4v) is 2.31. The van der Waals surface area contributed by atoms with Crippen LogP contribution in [-0.2, 0) is 11.3 Å². The number of benzene rings is 2. The van der Waals surface area contributed by atoms with Crippen LogP contribution in [-0.4, -0.2) is 15.7 Å². The summed E-state index contributed by atoms with van der Waals surface area (Å²) in [4.78, 5) is 23.7. The summed E-state index contributed by atoms with van der Waals surface area (Å²) in [6.45, 7) is -0.497. The number of hydrogen-bond acceptors (Lipinski definition) is 4. The number of carbonyl (C=O) groups excluding carboxylic acids is 1. The summed E-state index contributed by atoms with van der Waals surface area (Å²) < 4.78 is 67.5. The number of fused-ring (bicyclic) bond motifs is 1. The Bertz CT molecular complexity index is 1090. The normalized spacial score (nSPS) is 10.9. The highest BCUT2D eigenvalue weighted by molar-refractivity contribution is 5.82. The van der Waals surface area contributed by atoms with Gasteiger partial charge in [0.05, 0.1) is 11.7 Å². The molecule has 0 unspecified atom stereocenters. The Hall–Kier alpha value is -3.50. The average Bonchev–Trinajstić information content (AvgIpc) is 2.67. The van der Waals surface area contributed by atoms with Crippen LogP contribution in [0.5, 0.6) is 0 Å². The maximum absolute atomic E-state index is 13.5. The van der Waals surface area contributed by atoms with E-state index in [0.717, 1.165) is 10.9 Å². The van der Waals surface area contributed by atoms with Crippen molar-refractivity contribution >= 4 is 22.5 Å². The molecule has 1 aromatic heterocycles. The first-order chi connectivity index (χ1) is 12.8. The van der Waals surface area contributed by atoms with Gasteiger partial charge in [-0.25, -0.2) is 22.0 Å². The summed E-state index contributed by atoms with van der Waals surface area (Å²) >= 11 is 0. The molecule has 0 aliphatic rings. The molecule has 0 aliphatic heterocycles. The van der Waals surface area contributed by atoms with Gasteiger partial charge in [0.25, 0.3) is 5.91 Å². The smallest absolute Gasteiger partial charge is 0.260 e. The summed E-state index contributed by atoms with van der Waals surface area (Å²) in [5, 5.41) is 4.06. The van der Waals surface area contributed by atoms with Crippen LogP contribution in [0.1, 0.15) is 0 Å². The molecule has 0 aliphatic carbocycles. The van der Waals surface area contributed by atoms with E-state index in [1.54, 1.807) is 17.6 Å². The number of nitrogens with zero attached hydrogens (tertiary/aromatic N) is 2. The topological polar surface area (TPSA) is 76.0 Å². The highest BCUT2D eigenvalue weighted by Gasteiger charge is 2.26. The fraction of sp³-hybridized carbons (Fsp3) is 0.0625. The molecule has 1 amide bonds. The van der Waals surface area contributed by atoms with E-state index in [1.807, 2.05) is 5.43 Å². The molecule has 0 spiro atoms. The van der Waals surface area contributed by atoms with E-state index < -0.39 is 47.2 Å². The molecule has 3 aromatic rings. The minimum Gasteiger partial charge on any atom is -0.293 e. The van der Waals surface area contributed by atoms with Crippen molar-refractivity contribution in [2.24, 2.45) is 0 Å². The zero-order valence-electron chi connectivity index (χ0n) is 13.2. The lowest BCUT2D eigenvalue weighted by Gasteiger charge is -2.13. The van der Waals surface area contributed by atoms with Crippen LogP contribution in [0.25, 0.3) is 10.9 Å². The zero-order valence-corrected chi connectivity index (χ0v) is 13.2. The van der Waals surface area contributed by atoms with Crippen molar-refractivity contribution in [1.29, 1.82) is 0 Å². The molecule has 2 aromatic carbocycles. The summed E-state index contributed by atoms with van der Waals surface area (Å²) in [7, 11) is 0. The van der Waals surface area contributed by atoms with E-state index in [1.165, 1.54) is 12.1 Å². The maximum atomic E-state index is 13.5. The average molecular weight is 384 g/mol. The van der Waals surface area contributed by atoms with Crippen molar-refractivity contribution in [2.45, 2.75) is 6.54 Å². The number of hydrazine groups is 1. The van der Waals surface area contributed by atoms with Gasteiger partial charge in [0.2, 0.25) is 11.2 Å². The second-order valence-electron chi connectivity index (χ2n) is 5.30. The molecule has 3 rings (SSSR count). The second kappa shape index (κ2) is 7.02. The Labute approximate surface area is 147 Å². The Morgan fingerprint density at radius 3 is 2.22 bits per heavy atom. The number of anilines is 1. The Balaban J connectivity index is 1.81. The highest BCUT2D eigenvalue weighted by Crippen LogP contribution is 2.26. The summed E-state index contributed by atoms with van der Waals surface area (Å²) in [5.74, 6) is -11.8. The van der Waals surface area contributed by atoms with Gasteiger partial charge >= 0.3 is 0 Å². The Morgan fingerprint density at radius 1 is 0.963 bits per heavy atom. The molecule has 2 N–H and O–H groups in total. The SMILES string of the molecule is O=C(Cn1ncc(=O)c2ccccc21)NNc1c(F)c(F)c(F)c(F)c1F. The molecule has 0 fully saturated rings. The quantitative estimate of drug-likeness (QED) is 0.313. The van der Waals surface area contributed by atoms with E-state index in [-0.39, 0.29) is 10.8 Å². The molecule has 0 atom stereocenters. The van der Waals surface area contributed by atoms with Gasteiger partial charge in [0.15, 0.2) is 23.3 Å². The van der Waals surface area contributed by atoms with Crippen molar-refractivity contribution in [3.63, 3.8) is 0 Å². The van der Waals surface area contributed by atoms with Crippen LogP contribution in [0.3, 0.4) is 0 Å². The molecular formula is C16H9F5N4O2. The van der Waals surface area contributed by atoms with Crippen molar-refractivity contribution in [3.8, 4) is 0 Å². The molecule has 1 heterocycles. The van der Waals surface area contributed by atoms with Gasteiger partial charge in [-0.2, -0.15) is 5.10 Å².